The van der Waals surface area contributed by atoms with Gasteiger partial charge in [0, 0.05) is 18.8 Å². The minimum atomic E-state index is -0.553. The molecule has 1 aromatic heterocycles. The summed E-state index contributed by atoms with van der Waals surface area (Å²) in [5.41, 5.74) is 1.58. The topological polar surface area (TPSA) is 66.3 Å². The van der Waals surface area contributed by atoms with E-state index in [9.17, 15) is 9.90 Å². The van der Waals surface area contributed by atoms with E-state index < -0.39 is 6.10 Å². The van der Waals surface area contributed by atoms with E-state index in [1.807, 2.05) is 48.7 Å². The van der Waals surface area contributed by atoms with E-state index in [2.05, 4.69) is 15.2 Å². The number of amides is 1. The quantitative estimate of drug-likeness (QED) is 0.762. The predicted octanol–water partition coefficient (Wildman–Crippen LogP) is 2.27. The van der Waals surface area contributed by atoms with Gasteiger partial charge in [-0.15, -0.1) is 0 Å². The molecule has 5 heteroatoms. The van der Waals surface area contributed by atoms with Crippen LogP contribution in [0.4, 0.5) is 0 Å². The average Bonchev–Trinajstić information content (AvgIpc) is 3.13. The zero-order valence-corrected chi connectivity index (χ0v) is 13.8. The summed E-state index contributed by atoms with van der Waals surface area (Å²) >= 11 is 0. The predicted molar refractivity (Wildman–Crippen MR) is 93.9 cm³/mol. The van der Waals surface area contributed by atoms with Gasteiger partial charge < -0.3 is 20.3 Å². The van der Waals surface area contributed by atoms with E-state index in [1.165, 1.54) is 0 Å². The van der Waals surface area contributed by atoms with Gasteiger partial charge in [-0.3, -0.25) is 4.79 Å². The summed E-state index contributed by atoms with van der Waals surface area (Å²) in [7, 11) is 0. The minimum absolute atomic E-state index is 0.0706. The van der Waals surface area contributed by atoms with Crippen LogP contribution in [-0.2, 0) is 0 Å². The van der Waals surface area contributed by atoms with Crippen molar-refractivity contribution in [2.75, 3.05) is 19.6 Å². The molecular formula is C19H25N3O2. The Hall–Kier alpha value is -2.11. The van der Waals surface area contributed by atoms with Crippen molar-refractivity contribution >= 4 is 5.91 Å². The third-order valence-corrected chi connectivity index (χ3v) is 4.60. The molecule has 0 saturated carbocycles. The largest absolute Gasteiger partial charge is 0.388 e. The summed E-state index contributed by atoms with van der Waals surface area (Å²) in [5.74, 6) is -0.0706. The van der Waals surface area contributed by atoms with Crippen LogP contribution in [0.3, 0.4) is 0 Å². The number of aromatic nitrogens is 1. The first-order chi connectivity index (χ1) is 11.8. The molecule has 5 nitrogen and oxygen atoms in total. The van der Waals surface area contributed by atoms with Crippen LogP contribution in [0.1, 0.15) is 47.5 Å². The van der Waals surface area contributed by atoms with E-state index in [0.29, 0.717) is 24.7 Å². The fourth-order valence-corrected chi connectivity index (χ4v) is 3.24. The number of aliphatic hydroxyl groups excluding tert-OH is 1. The van der Waals surface area contributed by atoms with Crippen LogP contribution in [0.5, 0.6) is 0 Å². The number of piperidine rings is 1. The van der Waals surface area contributed by atoms with Gasteiger partial charge in [-0.1, -0.05) is 30.3 Å². The second-order valence-corrected chi connectivity index (χ2v) is 6.25. The second kappa shape index (κ2) is 8.13. The van der Waals surface area contributed by atoms with Crippen LogP contribution in [0.2, 0.25) is 0 Å². The maximum atomic E-state index is 12.5. The Morgan fingerprint density at radius 3 is 2.71 bits per heavy atom. The van der Waals surface area contributed by atoms with Gasteiger partial charge in [0.15, 0.2) is 0 Å². The van der Waals surface area contributed by atoms with Crippen molar-refractivity contribution in [1.82, 2.24) is 15.2 Å². The summed E-state index contributed by atoms with van der Waals surface area (Å²) in [6.45, 7) is 2.44. The van der Waals surface area contributed by atoms with Gasteiger partial charge >= 0.3 is 0 Å². The molecule has 1 fully saturated rings. The lowest BCUT2D eigenvalue weighted by Gasteiger charge is -2.26. The molecule has 2 aromatic rings. The molecule has 1 atom stereocenters. The van der Waals surface area contributed by atoms with Gasteiger partial charge in [-0.05, 0) is 50.0 Å². The van der Waals surface area contributed by atoms with Crippen molar-refractivity contribution in [2.24, 2.45) is 0 Å². The average molecular weight is 327 g/mol. The first-order valence-corrected chi connectivity index (χ1v) is 8.64. The molecular weight excluding hydrogens is 302 g/mol. The molecule has 1 saturated heterocycles. The van der Waals surface area contributed by atoms with Crippen molar-refractivity contribution in [2.45, 2.75) is 31.4 Å². The third kappa shape index (κ3) is 4.04. The molecule has 0 radical (unpaired) electrons. The summed E-state index contributed by atoms with van der Waals surface area (Å²) < 4.78 is 2.09. The van der Waals surface area contributed by atoms with Crippen molar-refractivity contribution in [3.8, 4) is 0 Å². The fraction of sp³-hybridized carbons (Fsp3) is 0.421. The van der Waals surface area contributed by atoms with E-state index >= 15 is 0 Å². The zero-order valence-electron chi connectivity index (χ0n) is 13.8. The van der Waals surface area contributed by atoms with Gasteiger partial charge in [0.05, 0.1) is 6.10 Å². The number of carbonyl (C=O) groups excluding carboxylic acids is 1. The lowest BCUT2D eigenvalue weighted by Crippen LogP contribution is -2.33. The molecule has 0 spiro atoms. The fourth-order valence-electron chi connectivity index (χ4n) is 3.24. The van der Waals surface area contributed by atoms with Gasteiger partial charge in [-0.25, -0.2) is 0 Å². The van der Waals surface area contributed by atoms with Crippen molar-refractivity contribution in [3.63, 3.8) is 0 Å². The van der Waals surface area contributed by atoms with E-state index in [4.69, 9.17) is 0 Å². The monoisotopic (exact) mass is 327 g/mol. The molecule has 0 bridgehead atoms. The highest BCUT2D eigenvalue weighted by atomic mass is 16.3. The van der Waals surface area contributed by atoms with Crippen LogP contribution >= 0.6 is 0 Å². The minimum Gasteiger partial charge on any atom is -0.388 e. The lowest BCUT2D eigenvalue weighted by atomic mass is 10.1. The molecule has 1 aromatic carbocycles. The third-order valence-electron chi connectivity index (χ3n) is 4.60. The van der Waals surface area contributed by atoms with Gasteiger partial charge in [0.2, 0.25) is 0 Å². The smallest absolute Gasteiger partial charge is 0.267 e. The van der Waals surface area contributed by atoms with E-state index in [1.54, 1.807) is 0 Å². The molecule has 1 unspecified atom stereocenters. The molecule has 24 heavy (non-hydrogen) atoms. The summed E-state index contributed by atoms with van der Waals surface area (Å²) in [6, 6.07) is 13.7. The Bertz CT molecular complexity index is 648. The maximum absolute atomic E-state index is 12.5. The molecule has 2 heterocycles. The number of aliphatic hydroxyl groups is 1. The number of carbonyl (C=O) groups is 1. The Kier molecular flexibility index (Phi) is 5.67. The Morgan fingerprint density at radius 2 is 1.96 bits per heavy atom. The van der Waals surface area contributed by atoms with Crippen LogP contribution in [-0.4, -0.2) is 35.2 Å². The normalized spacial score (nSPS) is 16.7. The first kappa shape index (κ1) is 16.7. The number of nitrogens with zero attached hydrogens (tertiary/aromatic N) is 1. The number of nitrogens with one attached hydrogen (secondary N) is 2. The Balaban J connectivity index is 1.53. The van der Waals surface area contributed by atoms with E-state index in [-0.39, 0.29) is 5.91 Å². The first-order valence-electron chi connectivity index (χ1n) is 8.64. The van der Waals surface area contributed by atoms with Crippen LogP contribution < -0.4 is 10.6 Å². The van der Waals surface area contributed by atoms with Crippen LogP contribution in [0, 0.1) is 0 Å². The number of hydrogen-bond acceptors (Lipinski definition) is 3. The summed E-state index contributed by atoms with van der Waals surface area (Å²) in [4.78, 5) is 12.5. The highest BCUT2D eigenvalue weighted by molar-refractivity contribution is 5.92. The number of rotatable bonds is 6. The molecule has 1 amide bonds. The molecule has 3 rings (SSSR count). The van der Waals surface area contributed by atoms with Crippen LogP contribution in [0.25, 0.3) is 0 Å². The zero-order chi connectivity index (χ0) is 16.8. The molecule has 1 aliphatic heterocycles. The molecule has 0 aliphatic carbocycles. The van der Waals surface area contributed by atoms with Gasteiger partial charge in [0.25, 0.3) is 5.91 Å². The Morgan fingerprint density at radius 1 is 1.21 bits per heavy atom. The molecule has 1 aliphatic rings. The SMILES string of the molecule is O=C(NCCC(O)c1ccccc1)c1cccn1C1CCNCC1. The molecule has 3 N–H and O–H groups in total. The van der Waals surface area contributed by atoms with E-state index in [0.717, 1.165) is 31.5 Å². The highest BCUT2D eigenvalue weighted by Crippen LogP contribution is 2.21. The van der Waals surface area contributed by atoms with Gasteiger partial charge in [-0.2, -0.15) is 0 Å². The van der Waals surface area contributed by atoms with Crippen molar-refractivity contribution in [3.05, 3.63) is 59.9 Å². The lowest BCUT2D eigenvalue weighted by molar-refractivity contribution is 0.0930. The summed E-state index contributed by atoms with van der Waals surface area (Å²) in [6.07, 6.45) is 4.03. The van der Waals surface area contributed by atoms with Crippen molar-refractivity contribution in [1.29, 1.82) is 0 Å². The number of benzene rings is 1. The number of hydrogen-bond donors (Lipinski definition) is 3. The second-order valence-electron chi connectivity index (χ2n) is 6.25. The van der Waals surface area contributed by atoms with Crippen molar-refractivity contribution < 1.29 is 9.90 Å². The van der Waals surface area contributed by atoms with Gasteiger partial charge in [0.1, 0.15) is 5.69 Å². The van der Waals surface area contributed by atoms with Crippen LogP contribution in [0.15, 0.2) is 48.7 Å². The Labute approximate surface area is 142 Å². The highest BCUT2D eigenvalue weighted by Gasteiger charge is 2.19. The summed E-state index contributed by atoms with van der Waals surface area (Å²) in [5, 5.41) is 16.4. The standard InChI is InChI=1S/C19H25N3O2/c23-18(15-5-2-1-3-6-15)10-13-21-19(24)17-7-4-14-22(17)16-8-11-20-12-9-16/h1-7,14,16,18,20,23H,8-13H2,(H,21,24). The maximum Gasteiger partial charge on any atom is 0.267 e. The molecule has 128 valence electrons.